The van der Waals surface area contributed by atoms with Crippen molar-refractivity contribution in [3.8, 4) is 0 Å². The van der Waals surface area contributed by atoms with E-state index in [-0.39, 0.29) is 18.2 Å². The van der Waals surface area contributed by atoms with Gasteiger partial charge >= 0.3 is 0 Å². The molecule has 3 aromatic carbocycles. The van der Waals surface area contributed by atoms with Crippen LogP contribution in [0.5, 0.6) is 0 Å². The Morgan fingerprint density at radius 3 is 2.12 bits per heavy atom. The molecule has 6 heteroatoms. The quantitative estimate of drug-likeness (QED) is 0.633. The van der Waals surface area contributed by atoms with Gasteiger partial charge in [0.2, 0.25) is 11.8 Å². The van der Waals surface area contributed by atoms with Crippen LogP contribution in [0.4, 0.5) is 0 Å². The number of nitrogens with one attached hydrogen (secondary N) is 1. The van der Waals surface area contributed by atoms with Crippen LogP contribution in [0.2, 0.25) is 0 Å². The SMILES string of the molecule is NC(=O)[C@H]1Cc2ccccc2CN1C(=O)C[C@H](NC(=O)c1ccccc1)c1ccccc1. The molecule has 0 fully saturated rings. The summed E-state index contributed by atoms with van der Waals surface area (Å²) in [4.78, 5) is 39.9. The zero-order valence-corrected chi connectivity index (χ0v) is 17.6. The maximum atomic E-state index is 13.4. The van der Waals surface area contributed by atoms with Crippen LogP contribution in [0.15, 0.2) is 84.9 Å². The number of primary amides is 1. The molecule has 0 radical (unpaired) electrons. The molecule has 3 N–H and O–H groups in total. The fourth-order valence-corrected chi connectivity index (χ4v) is 4.10. The Morgan fingerprint density at radius 2 is 1.47 bits per heavy atom. The molecule has 0 aliphatic carbocycles. The van der Waals surface area contributed by atoms with Gasteiger partial charge in [-0.2, -0.15) is 0 Å². The largest absolute Gasteiger partial charge is 0.368 e. The van der Waals surface area contributed by atoms with E-state index in [9.17, 15) is 14.4 Å². The van der Waals surface area contributed by atoms with Gasteiger partial charge in [-0.15, -0.1) is 0 Å². The summed E-state index contributed by atoms with van der Waals surface area (Å²) in [5.74, 6) is -1.02. The highest BCUT2D eigenvalue weighted by molar-refractivity contribution is 5.95. The van der Waals surface area contributed by atoms with Gasteiger partial charge in [0.1, 0.15) is 6.04 Å². The topological polar surface area (TPSA) is 92.5 Å². The van der Waals surface area contributed by atoms with Crippen LogP contribution in [0, 0.1) is 0 Å². The zero-order chi connectivity index (χ0) is 22.5. The molecule has 3 aromatic rings. The van der Waals surface area contributed by atoms with Gasteiger partial charge in [0, 0.05) is 18.5 Å². The first-order chi connectivity index (χ1) is 15.5. The molecule has 0 spiro atoms. The number of benzene rings is 3. The van der Waals surface area contributed by atoms with E-state index in [4.69, 9.17) is 5.73 Å². The fourth-order valence-electron chi connectivity index (χ4n) is 4.10. The van der Waals surface area contributed by atoms with Crippen LogP contribution in [0.25, 0.3) is 0 Å². The standard InChI is InChI=1S/C26H25N3O3/c27-25(31)23-15-20-13-7-8-14-21(20)17-29(23)24(30)16-22(18-9-3-1-4-10-18)28-26(32)19-11-5-2-6-12-19/h1-14,22-23H,15-17H2,(H2,27,31)(H,28,32)/t22-,23+/m0/s1. The first kappa shape index (κ1) is 21.3. The van der Waals surface area contributed by atoms with E-state index in [1.165, 1.54) is 4.90 Å². The zero-order valence-electron chi connectivity index (χ0n) is 17.6. The van der Waals surface area contributed by atoms with Crippen LogP contribution in [-0.2, 0) is 22.6 Å². The maximum absolute atomic E-state index is 13.4. The molecular formula is C26H25N3O3. The smallest absolute Gasteiger partial charge is 0.251 e. The van der Waals surface area contributed by atoms with Crippen molar-refractivity contribution in [2.24, 2.45) is 5.73 Å². The van der Waals surface area contributed by atoms with Gasteiger partial charge in [-0.3, -0.25) is 14.4 Å². The number of nitrogens with two attached hydrogens (primary N) is 1. The summed E-state index contributed by atoms with van der Waals surface area (Å²) >= 11 is 0. The van der Waals surface area contributed by atoms with Gasteiger partial charge in [-0.25, -0.2) is 0 Å². The highest BCUT2D eigenvalue weighted by Gasteiger charge is 2.34. The first-order valence-electron chi connectivity index (χ1n) is 10.6. The van der Waals surface area contributed by atoms with Crippen molar-refractivity contribution in [2.75, 3.05) is 0 Å². The van der Waals surface area contributed by atoms with Crippen molar-refractivity contribution in [3.63, 3.8) is 0 Å². The Labute approximate surface area is 187 Å². The van der Waals surface area contributed by atoms with E-state index in [0.29, 0.717) is 18.5 Å². The lowest BCUT2D eigenvalue weighted by atomic mass is 9.92. The summed E-state index contributed by atoms with van der Waals surface area (Å²) in [6.07, 6.45) is 0.415. The number of rotatable bonds is 6. The van der Waals surface area contributed by atoms with Crippen LogP contribution in [0.3, 0.4) is 0 Å². The molecule has 162 valence electrons. The molecule has 1 heterocycles. The van der Waals surface area contributed by atoms with Crippen LogP contribution < -0.4 is 11.1 Å². The molecule has 0 aromatic heterocycles. The minimum absolute atomic E-state index is 0.0224. The van der Waals surface area contributed by atoms with Crippen molar-refractivity contribution >= 4 is 17.7 Å². The van der Waals surface area contributed by atoms with Gasteiger partial charge in [-0.05, 0) is 28.8 Å². The molecule has 0 saturated carbocycles. The summed E-state index contributed by atoms with van der Waals surface area (Å²) < 4.78 is 0. The van der Waals surface area contributed by atoms with Gasteiger partial charge in [0.05, 0.1) is 12.5 Å². The molecule has 0 unspecified atom stereocenters. The highest BCUT2D eigenvalue weighted by atomic mass is 16.2. The molecule has 1 aliphatic heterocycles. The Balaban J connectivity index is 1.58. The first-order valence-corrected chi connectivity index (χ1v) is 10.6. The highest BCUT2D eigenvalue weighted by Crippen LogP contribution is 2.26. The number of amides is 3. The van der Waals surface area contributed by atoms with Crippen molar-refractivity contribution in [1.29, 1.82) is 0 Å². The molecule has 4 rings (SSSR count). The van der Waals surface area contributed by atoms with E-state index < -0.39 is 18.0 Å². The lowest BCUT2D eigenvalue weighted by Gasteiger charge is -2.36. The maximum Gasteiger partial charge on any atom is 0.251 e. The third-order valence-corrected chi connectivity index (χ3v) is 5.82. The van der Waals surface area contributed by atoms with Crippen molar-refractivity contribution < 1.29 is 14.4 Å². The number of hydrogen-bond acceptors (Lipinski definition) is 3. The molecule has 1 aliphatic rings. The Morgan fingerprint density at radius 1 is 0.875 bits per heavy atom. The van der Waals surface area contributed by atoms with Crippen molar-refractivity contribution in [1.82, 2.24) is 10.2 Å². The lowest BCUT2D eigenvalue weighted by molar-refractivity contribution is -0.141. The number of fused-ring (bicyclic) bond motifs is 1. The minimum atomic E-state index is -0.710. The fraction of sp³-hybridized carbons (Fsp3) is 0.192. The summed E-state index contributed by atoms with van der Waals surface area (Å²) in [6.45, 7) is 0.316. The molecule has 2 atom stereocenters. The second-order valence-corrected chi connectivity index (χ2v) is 7.92. The van der Waals surface area contributed by atoms with Crippen LogP contribution in [-0.4, -0.2) is 28.7 Å². The lowest BCUT2D eigenvalue weighted by Crippen LogP contribution is -2.51. The molecule has 0 bridgehead atoms. The summed E-state index contributed by atoms with van der Waals surface area (Å²) in [5, 5.41) is 2.98. The normalized spacial score (nSPS) is 16.0. The van der Waals surface area contributed by atoms with E-state index in [2.05, 4.69) is 5.32 Å². The number of hydrogen-bond donors (Lipinski definition) is 2. The van der Waals surface area contributed by atoms with Gasteiger partial charge in [-0.1, -0.05) is 72.8 Å². The second-order valence-electron chi connectivity index (χ2n) is 7.92. The minimum Gasteiger partial charge on any atom is -0.368 e. The van der Waals surface area contributed by atoms with E-state index >= 15 is 0 Å². The molecule has 6 nitrogen and oxygen atoms in total. The summed E-state index contributed by atoms with van der Waals surface area (Å²) in [5.41, 5.74) is 9.01. The van der Waals surface area contributed by atoms with E-state index in [0.717, 1.165) is 16.7 Å². The summed E-state index contributed by atoms with van der Waals surface area (Å²) in [6, 6.07) is 24.7. The third-order valence-electron chi connectivity index (χ3n) is 5.82. The average molecular weight is 428 g/mol. The number of carbonyl (C=O) groups is 3. The Bertz CT molecular complexity index is 1120. The molecule has 32 heavy (non-hydrogen) atoms. The Hall–Kier alpha value is -3.93. The van der Waals surface area contributed by atoms with Crippen LogP contribution in [0.1, 0.15) is 39.5 Å². The molecular weight excluding hydrogens is 402 g/mol. The van der Waals surface area contributed by atoms with Gasteiger partial charge < -0.3 is 16.0 Å². The number of carbonyl (C=O) groups excluding carboxylic acids is 3. The molecule has 0 saturated heterocycles. The van der Waals surface area contributed by atoms with E-state index in [1.807, 2.05) is 60.7 Å². The van der Waals surface area contributed by atoms with Crippen molar-refractivity contribution in [3.05, 3.63) is 107 Å². The summed E-state index contributed by atoms with van der Waals surface area (Å²) in [7, 11) is 0. The molecule has 3 amide bonds. The van der Waals surface area contributed by atoms with Gasteiger partial charge in [0.15, 0.2) is 0 Å². The monoisotopic (exact) mass is 427 g/mol. The second kappa shape index (κ2) is 9.47. The van der Waals surface area contributed by atoms with Crippen molar-refractivity contribution in [2.45, 2.75) is 31.5 Å². The third kappa shape index (κ3) is 4.70. The Kier molecular flexibility index (Phi) is 6.31. The van der Waals surface area contributed by atoms with Crippen LogP contribution >= 0.6 is 0 Å². The average Bonchev–Trinajstić information content (AvgIpc) is 2.83. The van der Waals surface area contributed by atoms with Gasteiger partial charge in [0.25, 0.3) is 5.91 Å². The number of nitrogens with zero attached hydrogens (tertiary/aromatic N) is 1. The predicted molar refractivity (Wildman–Crippen MR) is 121 cm³/mol. The van der Waals surface area contributed by atoms with E-state index in [1.54, 1.807) is 24.3 Å². The predicted octanol–water partition coefficient (Wildman–Crippen LogP) is 2.99.